The first-order valence-corrected chi connectivity index (χ1v) is 8.07. The van der Waals surface area contributed by atoms with Crippen LogP contribution in [-0.2, 0) is 0 Å². The van der Waals surface area contributed by atoms with E-state index in [-0.39, 0.29) is 0 Å². The minimum Gasteiger partial charge on any atom is -0.495 e. The molecular formula is C17H28N2O. The van der Waals surface area contributed by atoms with E-state index in [4.69, 9.17) is 4.74 Å². The fourth-order valence-corrected chi connectivity index (χ4v) is 3.22. The van der Waals surface area contributed by atoms with Gasteiger partial charge in [0.2, 0.25) is 0 Å². The van der Waals surface area contributed by atoms with Gasteiger partial charge in [-0.1, -0.05) is 32.6 Å². The number of methoxy groups -OCH3 is 1. The molecular weight excluding hydrogens is 248 g/mol. The first-order valence-electron chi connectivity index (χ1n) is 8.07. The van der Waals surface area contributed by atoms with E-state index in [1.807, 2.05) is 6.20 Å². The molecule has 1 atom stereocenters. The van der Waals surface area contributed by atoms with Crippen molar-refractivity contribution in [3.63, 3.8) is 0 Å². The summed E-state index contributed by atoms with van der Waals surface area (Å²) in [6.45, 7) is 3.29. The Morgan fingerprint density at radius 3 is 2.65 bits per heavy atom. The molecule has 1 saturated carbocycles. The molecule has 112 valence electrons. The maximum atomic E-state index is 5.33. The topological polar surface area (TPSA) is 34.2 Å². The maximum Gasteiger partial charge on any atom is 0.137 e. The molecule has 0 amide bonds. The summed E-state index contributed by atoms with van der Waals surface area (Å²) >= 11 is 0. The summed E-state index contributed by atoms with van der Waals surface area (Å²) in [5, 5.41) is 3.74. The monoisotopic (exact) mass is 276 g/mol. The van der Waals surface area contributed by atoms with E-state index in [9.17, 15) is 0 Å². The molecule has 0 bridgehead atoms. The Hall–Kier alpha value is -1.09. The first-order chi connectivity index (χ1) is 9.85. The van der Waals surface area contributed by atoms with Gasteiger partial charge in [0.25, 0.3) is 0 Å². The highest BCUT2D eigenvalue weighted by atomic mass is 16.5. The van der Waals surface area contributed by atoms with Crippen molar-refractivity contribution < 1.29 is 4.74 Å². The van der Waals surface area contributed by atoms with E-state index in [1.165, 1.54) is 50.5 Å². The van der Waals surface area contributed by atoms with E-state index in [2.05, 4.69) is 23.3 Å². The van der Waals surface area contributed by atoms with Crippen molar-refractivity contribution in [1.82, 2.24) is 10.3 Å². The maximum absolute atomic E-state index is 5.33. The van der Waals surface area contributed by atoms with E-state index in [0.717, 1.165) is 18.2 Å². The number of pyridine rings is 1. The highest BCUT2D eigenvalue weighted by molar-refractivity contribution is 5.26. The molecule has 0 saturated heterocycles. The van der Waals surface area contributed by atoms with Gasteiger partial charge in [0, 0.05) is 12.2 Å². The zero-order valence-electron chi connectivity index (χ0n) is 12.9. The van der Waals surface area contributed by atoms with Gasteiger partial charge in [0.1, 0.15) is 5.75 Å². The van der Waals surface area contributed by atoms with E-state index in [1.54, 1.807) is 13.3 Å². The number of nitrogens with zero attached hydrogens (tertiary/aromatic N) is 1. The van der Waals surface area contributed by atoms with E-state index < -0.39 is 0 Å². The van der Waals surface area contributed by atoms with Crippen LogP contribution in [0, 0.1) is 5.92 Å². The normalized spacial score (nSPS) is 18.5. The van der Waals surface area contributed by atoms with Crippen LogP contribution in [0.3, 0.4) is 0 Å². The molecule has 3 heteroatoms. The standard InChI is InChI=1S/C17H28N2O/c1-3-10-19-17(14-8-6-4-5-7-9-14)15-11-16(20-2)13-18-12-15/h11-14,17,19H,3-10H2,1-2H3. The Balaban J connectivity index is 2.15. The molecule has 1 fully saturated rings. The quantitative estimate of drug-likeness (QED) is 0.794. The van der Waals surface area contributed by atoms with Crippen LogP contribution in [0.1, 0.15) is 63.5 Å². The average molecular weight is 276 g/mol. The number of nitrogens with one attached hydrogen (secondary N) is 1. The summed E-state index contributed by atoms with van der Waals surface area (Å²) in [7, 11) is 1.71. The molecule has 0 aliphatic heterocycles. The Bertz CT molecular complexity index is 386. The predicted octanol–water partition coefficient (Wildman–Crippen LogP) is 4.10. The minimum absolute atomic E-state index is 0.427. The molecule has 0 spiro atoms. The largest absolute Gasteiger partial charge is 0.495 e. The fraction of sp³-hybridized carbons (Fsp3) is 0.706. The lowest BCUT2D eigenvalue weighted by Gasteiger charge is -2.27. The Morgan fingerprint density at radius 1 is 1.25 bits per heavy atom. The lowest BCUT2D eigenvalue weighted by molar-refractivity contribution is 0.323. The molecule has 1 aromatic heterocycles. The van der Waals surface area contributed by atoms with Gasteiger partial charge in [0.15, 0.2) is 0 Å². The highest BCUT2D eigenvalue weighted by Crippen LogP contribution is 2.34. The third-order valence-electron chi connectivity index (χ3n) is 4.31. The molecule has 1 unspecified atom stereocenters. The molecule has 1 N–H and O–H groups in total. The number of hydrogen-bond donors (Lipinski definition) is 1. The van der Waals surface area contributed by atoms with Crippen LogP contribution in [-0.4, -0.2) is 18.6 Å². The Morgan fingerprint density at radius 2 is 2.00 bits per heavy atom. The lowest BCUT2D eigenvalue weighted by atomic mass is 9.87. The summed E-state index contributed by atoms with van der Waals surface area (Å²) in [5.74, 6) is 1.59. The van der Waals surface area contributed by atoms with Crippen LogP contribution in [0.2, 0.25) is 0 Å². The van der Waals surface area contributed by atoms with Gasteiger partial charge in [-0.25, -0.2) is 0 Å². The first kappa shape index (κ1) is 15.3. The number of ether oxygens (including phenoxy) is 1. The third kappa shape index (κ3) is 4.20. The van der Waals surface area contributed by atoms with Crippen molar-refractivity contribution in [3.05, 3.63) is 24.0 Å². The molecule has 0 radical (unpaired) electrons. The summed E-state index contributed by atoms with van der Waals surface area (Å²) in [5.41, 5.74) is 1.28. The second-order valence-corrected chi connectivity index (χ2v) is 5.84. The molecule has 2 rings (SSSR count). The molecule has 1 aliphatic rings. The van der Waals surface area contributed by atoms with Crippen molar-refractivity contribution >= 4 is 0 Å². The third-order valence-corrected chi connectivity index (χ3v) is 4.31. The summed E-state index contributed by atoms with van der Waals surface area (Å²) in [4.78, 5) is 4.34. The molecule has 1 heterocycles. The predicted molar refractivity (Wildman–Crippen MR) is 83.0 cm³/mol. The van der Waals surface area contributed by atoms with Gasteiger partial charge < -0.3 is 10.1 Å². The second-order valence-electron chi connectivity index (χ2n) is 5.84. The Labute approximate surface area is 123 Å². The van der Waals surface area contributed by atoms with Crippen molar-refractivity contribution in [1.29, 1.82) is 0 Å². The van der Waals surface area contributed by atoms with Gasteiger partial charge >= 0.3 is 0 Å². The Kier molecular flexibility index (Phi) is 6.31. The van der Waals surface area contributed by atoms with Crippen LogP contribution < -0.4 is 10.1 Å². The minimum atomic E-state index is 0.427. The summed E-state index contributed by atoms with van der Waals surface area (Å²) in [6.07, 6.45) is 13.1. The van der Waals surface area contributed by atoms with Gasteiger partial charge in [-0.05, 0) is 43.4 Å². The average Bonchev–Trinajstić information content (AvgIpc) is 2.77. The number of hydrogen-bond acceptors (Lipinski definition) is 3. The summed E-state index contributed by atoms with van der Waals surface area (Å²) in [6, 6.07) is 2.57. The summed E-state index contributed by atoms with van der Waals surface area (Å²) < 4.78 is 5.33. The molecule has 1 aliphatic carbocycles. The molecule has 1 aromatic rings. The van der Waals surface area contributed by atoms with E-state index >= 15 is 0 Å². The van der Waals surface area contributed by atoms with E-state index in [0.29, 0.717) is 6.04 Å². The molecule has 3 nitrogen and oxygen atoms in total. The zero-order chi connectivity index (χ0) is 14.2. The van der Waals surface area contributed by atoms with Crippen molar-refractivity contribution in [2.75, 3.05) is 13.7 Å². The van der Waals surface area contributed by atoms with Crippen molar-refractivity contribution in [3.8, 4) is 5.75 Å². The fourth-order valence-electron chi connectivity index (χ4n) is 3.22. The number of aromatic nitrogens is 1. The SMILES string of the molecule is CCCNC(c1cncc(OC)c1)C1CCCCCC1. The van der Waals surface area contributed by atoms with Crippen LogP contribution in [0.4, 0.5) is 0 Å². The van der Waals surface area contributed by atoms with Crippen LogP contribution >= 0.6 is 0 Å². The zero-order valence-corrected chi connectivity index (χ0v) is 12.9. The van der Waals surface area contributed by atoms with Crippen LogP contribution in [0.5, 0.6) is 5.75 Å². The van der Waals surface area contributed by atoms with Gasteiger partial charge in [0.05, 0.1) is 13.3 Å². The number of rotatable bonds is 6. The van der Waals surface area contributed by atoms with Crippen LogP contribution in [0.15, 0.2) is 18.5 Å². The smallest absolute Gasteiger partial charge is 0.137 e. The van der Waals surface area contributed by atoms with Crippen molar-refractivity contribution in [2.45, 2.75) is 57.9 Å². The highest BCUT2D eigenvalue weighted by Gasteiger charge is 2.24. The molecule has 20 heavy (non-hydrogen) atoms. The van der Waals surface area contributed by atoms with Crippen LogP contribution in [0.25, 0.3) is 0 Å². The second kappa shape index (κ2) is 8.25. The van der Waals surface area contributed by atoms with Crippen molar-refractivity contribution in [2.24, 2.45) is 5.92 Å². The lowest BCUT2D eigenvalue weighted by Crippen LogP contribution is -2.29. The molecule has 0 aromatic carbocycles. The van der Waals surface area contributed by atoms with Gasteiger partial charge in [-0.3, -0.25) is 4.98 Å². The van der Waals surface area contributed by atoms with Gasteiger partial charge in [-0.15, -0.1) is 0 Å². The van der Waals surface area contributed by atoms with Gasteiger partial charge in [-0.2, -0.15) is 0 Å².